The number of aryl methyl sites for hydroxylation is 1. The van der Waals surface area contributed by atoms with E-state index in [0.717, 1.165) is 41.8 Å². The molecule has 0 saturated carbocycles. The van der Waals surface area contributed by atoms with Gasteiger partial charge in [-0.2, -0.15) is 0 Å². The van der Waals surface area contributed by atoms with Crippen LogP contribution >= 0.6 is 11.3 Å². The quantitative estimate of drug-likeness (QED) is 0.454. The number of carbonyl (C=O) groups is 3. The molecule has 0 saturated heterocycles. The van der Waals surface area contributed by atoms with Crippen molar-refractivity contribution >= 4 is 34.1 Å². The zero-order valence-electron chi connectivity index (χ0n) is 19.0. The van der Waals surface area contributed by atoms with Crippen LogP contribution in [0.3, 0.4) is 0 Å². The fraction of sp³-hybridized carbons (Fsp3) is 0.423. The molecule has 2 aromatic rings. The van der Waals surface area contributed by atoms with Gasteiger partial charge in [0.2, 0.25) is 0 Å². The smallest absolute Gasteiger partial charge is 0.341 e. The maximum absolute atomic E-state index is 13.1. The summed E-state index contributed by atoms with van der Waals surface area (Å²) < 4.78 is 10.6. The van der Waals surface area contributed by atoms with Crippen LogP contribution in [0.1, 0.15) is 65.4 Å². The lowest BCUT2D eigenvalue weighted by molar-refractivity contribution is -0.151. The number of anilines is 1. The zero-order valence-corrected chi connectivity index (χ0v) is 19.8. The molecule has 2 atom stereocenters. The first-order valence-corrected chi connectivity index (χ1v) is 12.4. The summed E-state index contributed by atoms with van der Waals surface area (Å²) in [6.07, 6.45) is 5.92. The number of hydrogen-bond acceptors (Lipinski definition) is 7. The monoisotopic (exact) mass is 467 g/mol. The van der Waals surface area contributed by atoms with Gasteiger partial charge in [0.1, 0.15) is 10.9 Å². The number of carbonyl (C=O) groups excluding carboxylic acids is 3. The fourth-order valence-electron chi connectivity index (χ4n) is 4.70. The van der Waals surface area contributed by atoms with Crippen molar-refractivity contribution in [1.82, 2.24) is 0 Å². The predicted octanol–water partition coefficient (Wildman–Crippen LogP) is 5.04. The molecule has 1 N–H and O–H groups in total. The van der Waals surface area contributed by atoms with E-state index in [0.29, 0.717) is 24.3 Å². The summed E-state index contributed by atoms with van der Waals surface area (Å²) >= 11 is 1.57. The van der Waals surface area contributed by atoms with Gasteiger partial charge in [0.25, 0.3) is 0 Å². The Morgan fingerprint density at radius 1 is 1.06 bits per heavy atom. The lowest BCUT2D eigenvalue weighted by atomic mass is 9.76. The van der Waals surface area contributed by atoms with Crippen LogP contribution in [-0.4, -0.2) is 30.9 Å². The second-order valence-electron chi connectivity index (χ2n) is 8.28. The van der Waals surface area contributed by atoms with E-state index in [2.05, 4.69) is 5.32 Å². The number of fused-ring (bicyclic) bond motifs is 1. The molecule has 1 aromatic heterocycles. The number of thiophene rings is 1. The molecule has 0 bridgehead atoms. The summed E-state index contributed by atoms with van der Waals surface area (Å²) in [4.78, 5) is 39.8. The van der Waals surface area contributed by atoms with Gasteiger partial charge < -0.3 is 14.8 Å². The van der Waals surface area contributed by atoms with Crippen molar-refractivity contribution in [1.29, 1.82) is 0 Å². The van der Waals surface area contributed by atoms with Crippen LogP contribution in [0.2, 0.25) is 0 Å². The van der Waals surface area contributed by atoms with Gasteiger partial charge in [-0.15, -0.1) is 11.3 Å². The maximum Gasteiger partial charge on any atom is 0.341 e. The van der Waals surface area contributed by atoms with Crippen LogP contribution < -0.4 is 5.32 Å². The Bertz CT molecular complexity index is 1070. The van der Waals surface area contributed by atoms with Crippen molar-refractivity contribution in [3.63, 3.8) is 0 Å². The predicted molar refractivity (Wildman–Crippen MR) is 128 cm³/mol. The van der Waals surface area contributed by atoms with Gasteiger partial charge in [-0.25, -0.2) is 4.79 Å². The average molecular weight is 468 g/mol. The number of rotatable bonds is 7. The number of benzene rings is 1. The van der Waals surface area contributed by atoms with Crippen LogP contribution in [0.4, 0.5) is 5.00 Å². The molecule has 0 fully saturated rings. The van der Waals surface area contributed by atoms with Gasteiger partial charge in [0, 0.05) is 22.6 Å². The first kappa shape index (κ1) is 23.2. The maximum atomic E-state index is 13.1. The first-order chi connectivity index (χ1) is 16.0. The zero-order chi connectivity index (χ0) is 23.4. The lowest BCUT2D eigenvalue weighted by Crippen LogP contribution is -2.35. The van der Waals surface area contributed by atoms with Crippen molar-refractivity contribution in [3.05, 3.63) is 63.7 Å². The normalized spacial score (nSPS) is 19.9. The van der Waals surface area contributed by atoms with Gasteiger partial charge in [0.15, 0.2) is 5.78 Å². The molecular formula is C26H29NO5S. The van der Waals surface area contributed by atoms with Crippen molar-refractivity contribution in [2.24, 2.45) is 5.92 Å². The Morgan fingerprint density at radius 3 is 2.52 bits per heavy atom. The number of ketones is 1. The molecule has 0 radical (unpaired) electrons. The molecule has 2 aliphatic carbocycles. The molecule has 7 heteroatoms. The molecule has 1 heterocycles. The first-order valence-electron chi connectivity index (χ1n) is 11.6. The molecular weight excluding hydrogens is 438 g/mol. The highest BCUT2D eigenvalue weighted by Crippen LogP contribution is 2.42. The summed E-state index contributed by atoms with van der Waals surface area (Å²) in [7, 11) is 0. The molecule has 33 heavy (non-hydrogen) atoms. The Hall–Kier alpha value is -2.93. The molecule has 1 aromatic carbocycles. The van der Waals surface area contributed by atoms with Crippen LogP contribution in [0.15, 0.2) is 42.1 Å². The van der Waals surface area contributed by atoms with E-state index in [9.17, 15) is 14.4 Å². The highest BCUT2D eigenvalue weighted by Gasteiger charge is 2.40. The van der Waals surface area contributed by atoms with E-state index in [-0.39, 0.29) is 24.3 Å². The summed E-state index contributed by atoms with van der Waals surface area (Å²) in [6, 6.07) is 9.57. The van der Waals surface area contributed by atoms with E-state index in [1.807, 2.05) is 30.3 Å². The van der Waals surface area contributed by atoms with Crippen LogP contribution in [0.5, 0.6) is 0 Å². The minimum atomic E-state index is -0.876. The van der Waals surface area contributed by atoms with Crippen molar-refractivity contribution in [2.75, 3.05) is 18.5 Å². The Balaban J connectivity index is 1.68. The third-order valence-corrected chi connectivity index (χ3v) is 7.37. The highest BCUT2D eigenvalue weighted by molar-refractivity contribution is 7.16. The lowest BCUT2D eigenvalue weighted by Gasteiger charge is -2.29. The summed E-state index contributed by atoms with van der Waals surface area (Å²) in [5.74, 6) is -2.32. The minimum Gasteiger partial charge on any atom is -0.465 e. The van der Waals surface area contributed by atoms with Crippen LogP contribution in [0.25, 0.3) is 0 Å². The molecule has 0 amide bonds. The number of esters is 2. The fourth-order valence-corrected chi connectivity index (χ4v) is 6.01. The molecule has 174 valence electrons. The van der Waals surface area contributed by atoms with Crippen LogP contribution in [0, 0.1) is 5.92 Å². The summed E-state index contributed by atoms with van der Waals surface area (Å²) in [5, 5.41) is 4.10. The van der Waals surface area contributed by atoms with Gasteiger partial charge in [0.05, 0.1) is 18.8 Å². The number of nitrogens with one attached hydrogen (secondary N) is 1. The number of hydrogen-bond donors (Lipinski definition) is 1. The second kappa shape index (κ2) is 10.3. The van der Waals surface area contributed by atoms with E-state index in [1.54, 1.807) is 25.2 Å². The van der Waals surface area contributed by atoms with Crippen LogP contribution in [-0.2, 0) is 31.9 Å². The van der Waals surface area contributed by atoms with Crippen molar-refractivity contribution < 1.29 is 23.9 Å². The molecule has 2 aliphatic rings. The van der Waals surface area contributed by atoms with Crippen molar-refractivity contribution in [2.45, 2.75) is 51.9 Å². The standard InChI is InChI=1S/C26H29NO5S/c1-3-31-25(29)22-19(16-10-6-5-7-11-16)14-17(15-20(22)28)27-24-23(26(30)32-4-2)18-12-8-9-13-21(18)33-24/h5-7,10-11,15,19,22,27H,3-4,8-9,12-14H2,1-2H3/t19-,22-/m0/s1. The van der Waals surface area contributed by atoms with E-state index >= 15 is 0 Å². The van der Waals surface area contributed by atoms with E-state index < -0.39 is 11.9 Å². The van der Waals surface area contributed by atoms with Crippen molar-refractivity contribution in [3.8, 4) is 0 Å². The number of allylic oxidation sites excluding steroid dienone is 2. The molecule has 6 nitrogen and oxygen atoms in total. The third-order valence-electron chi connectivity index (χ3n) is 6.16. The molecule has 4 rings (SSSR count). The number of ether oxygens (including phenoxy) is 2. The molecule has 0 spiro atoms. The minimum absolute atomic E-state index is 0.225. The summed E-state index contributed by atoms with van der Waals surface area (Å²) in [5.41, 5.74) is 3.26. The Kier molecular flexibility index (Phi) is 7.28. The molecule has 0 aliphatic heterocycles. The average Bonchev–Trinajstić information content (AvgIpc) is 3.17. The topological polar surface area (TPSA) is 81.7 Å². The third kappa shape index (κ3) is 4.88. The Labute approximate surface area is 198 Å². The van der Waals surface area contributed by atoms with Gasteiger partial charge in [-0.05, 0) is 57.1 Å². The summed E-state index contributed by atoms with van der Waals surface area (Å²) in [6.45, 7) is 4.07. The van der Waals surface area contributed by atoms with Gasteiger partial charge in [-0.3, -0.25) is 9.59 Å². The van der Waals surface area contributed by atoms with Gasteiger partial charge >= 0.3 is 11.9 Å². The van der Waals surface area contributed by atoms with Gasteiger partial charge in [-0.1, -0.05) is 30.3 Å². The van der Waals surface area contributed by atoms with E-state index in [1.165, 1.54) is 11.0 Å². The SMILES string of the molecule is CCOC(=O)c1c(NC2=CC(=O)[C@@H](C(=O)OCC)[C@H](c3ccccc3)C2)sc2c1CCCC2. The molecule has 0 unspecified atom stereocenters. The Morgan fingerprint density at radius 2 is 1.79 bits per heavy atom. The second-order valence-corrected chi connectivity index (χ2v) is 9.39. The van der Waals surface area contributed by atoms with E-state index in [4.69, 9.17) is 9.47 Å². The largest absolute Gasteiger partial charge is 0.465 e. The highest BCUT2D eigenvalue weighted by atomic mass is 32.1.